The number of para-hydroxylation sites is 1. The first-order valence-electron chi connectivity index (χ1n) is 6.23. The van der Waals surface area contributed by atoms with Crippen LogP contribution in [-0.4, -0.2) is 20.5 Å². The minimum atomic E-state index is 0.543. The topological polar surface area (TPSA) is 35.5 Å². The van der Waals surface area contributed by atoms with Crippen LogP contribution in [0.3, 0.4) is 0 Å². The molecular weight excluding hydrogens is 252 g/mol. The van der Waals surface area contributed by atoms with E-state index in [1.807, 2.05) is 48.6 Å². The molecule has 0 spiro atoms. The summed E-state index contributed by atoms with van der Waals surface area (Å²) in [4.78, 5) is 10.8. The van der Waals surface area contributed by atoms with Gasteiger partial charge in [-0.3, -0.25) is 4.79 Å². The van der Waals surface area contributed by atoms with Gasteiger partial charge in [-0.2, -0.15) is 0 Å². The summed E-state index contributed by atoms with van der Waals surface area (Å²) in [6, 6.07) is 13.2. The van der Waals surface area contributed by atoms with E-state index < -0.39 is 0 Å². The molecular formula is C17H16O3. The van der Waals surface area contributed by atoms with Crippen LogP contribution in [0.15, 0.2) is 42.5 Å². The Balaban J connectivity index is 2.29. The first-order chi connectivity index (χ1) is 9.78. The molecule has 0 aliphatic carbocycles. The molecule has 0 saturated carbocycles. The van der Waals surface area contributed by atoms with Crippen LogP contribution in [0.5, 0.6) is 11.5 Å². The smallest absolute Gasteiger partial charge is 0.153 e. The van der Waals surface area contributed by atoms with Crippen molar-refractivity contribution in [3.05, 3.63) is 59.2 Å². The number of benzene rings is 2. The van der Waals surface area contributed by atoms with Gasteiger partial charge >= 0.3 is 0 Å². The van der Waals surface area contributed by atoms with Gasteiger partial charge in [0.1, 0.15) is 11.5 Å². The van der Waals surface area contributed by atoms with Gasteiger partial charge in [-0.1, -0.05) is 36.4 Å². The van der Waals surface area contributed by atoms with Crippen molar-refractivity contribution < 1.29 is 14.3 Å². The van der Waals surface area contributed by atoms with Gasteiger partial charge in [0.15, 0.2) is 6.29 Å². The number of aldehydes is 1. The highest BCUT2D eigenvalue weighted by molar-refractivity contribution is 5.81. The van der Waals surface area contributed by atoms with Crippen LogP contribution in [0.1, 0.15) is 21.5 Å². The van der Waals surface area contributed by atoms with E-state index in [1.165, 1.54) is 0 Å². The quantitative estimate of drug-likeness (QED) is 0.613. The van der Waals surface area contributed by atoms with Crippen LogP contribution in [0.4, 0.5) is 0 Å². The lowest BCUT2D eigenvalue weighted by Gasteiger charge is -2.05. The lowest BCUT2D eigenvalue weighted by atomic mass is 10.1. The highest BCUT2D eigenvalue weighted by Crippen LogP contribution is 2.22. The lowest BCUT2D eigenvalue weighted by molar-refractivity contribution is 0.112. The molecule has 3 heteroatoms. The van der Waals surface area contributed by atoms with Crippen molar-refractivity contribution >= 4 is 18.4 Å². The number of methoxy groups -OCH3 is 2. The van der Waals surface area contributed by atoms with Crippen LogP contribution in [-0.2, 0) is 0 Å². The minimum absolute atomic E-state index is 0.543. The van der Waals surface area contributed by atoms with Crippen LogP contribution in [0.25, 0.3) is 12.2 Å². The Bertz CT molecular complexity index is 630. The van der Waals surface area contributed by atoms with Crippen molar-refractivity contribution in [3.8, 4) is 11.5 Å². The first-order valence-corrected chi connectivity index (χ1v) is 6.23. The third kappa shape index (κ3) is 3.06. The summed E-state index contributed by atoms with van der Waals surface area (Å²) in [5.41, 5.74) is 2.49. The van der Waals surface area contributed by atoms with Crippen molar-refractivity contribution in [2.24, 2.45) is 0 Å². The molecule has 0 aliphatic heterocycles. The van der Waals surface area contributed by atoms with Crippen LogP contribution in [0, 0.1) is 0 Å². The third-order valence-corrected chi connectivity index (χ3v) is 2.98. The van der Waals surface area contributed by atoms with Crippen molar-refractivity contribution in [1.29, 1.82) is 0 Å². The van der Waals surface area contributed by atoms with E-state index in [0.717, 1.165) is 23.2 Å². The summed E-state index contributed by atoms with van der Waals surface area (Å²) in [7, 11) is 3.20. The molecule has 0 N–H and O–H groups in total. The molecule has 0 fully saturated rings. The zero-order valence-electron chi connectivity index (χ0n) is 11.5. The zero-order chi connectivity index (χ0) is 14.4. The number of hydrogen-bond acceptors (Lipinski definition) is 3. The fourth-order valence-electron chi connectivity index (χ4n) is 1.92. The number of carbonyl (C=O) groups is 1. The fourth-order valence-corrected chi connectivity index (χ4v) is 1.92. The second kappa shape index (κ2) is 6.57. The monoisotopic (exact) mass is 268 g/mol. The van der Waals surface area contributed by atoms with Crippen LogP contribution >= 0.6 is 0 Å². The van der Waals surface area contributed by atoms with Crippen molar-refractivity contribution in [3.63, 3.8) is 0 Å². The molecule has 3 nitrogen and oxygen atoms in total. The fraction of sp³-hybridized carbons (Fsp3) is 0.118. The molecule has 0 amide bonds. The van der Waals surface area contributed by atoms with Gasteiger partial charge in [0.05, 0.1) is 19.8 Å². The Kier molecular flexibility index (Phi) is 4.56. The summed E-state index contributed by atoms with van der Waals surface area (Å²) >= 11 is 0. The number of hydrogen-bond donors (Lipinski definition) is 0. The van der Waals surface area contributed by atoms with Gasteiger partial charge in [-0.05, 0) is 23.8 Å². The maximum Gasteiger partial charge on any atom is 0.153 e. The molecule has 0 atom stereocenters. The highest BCUT2D eigenvalue weighted by Gasteiger charge is 2.02. The molecule has 0 radical (unpaired) electrons. The van der Waals surface area contributed by atoms with Gasteiger partial charge in [0.25, 0.3) is 0 Å². The molecule has 102 valence electrons. The lowest BCUT2D eigenvalue weighted by Crippen LogP contribution is -1.90. The average Bonchev–Trinajstić information content (AvgIpc) is 2.52. The van der Waals surface area contributed by atoms with Gasteiger partial charge in [-0.15, -0.1) is 0 Å². The van der Waals surface area contributed by atoms with Crippen molar-refractivity contribution in [2.45, 2.75) is 0 Å². The summed E-state index contributed by atoms with van der Waals surface area (Å²) in [5, 5.41) is 0. The molecule has 0 heterocycles. The Hall–Kier alpha value is -2.55. The van der Waals surface area contributed by atoms with E-state index in [1.54, 1.807) is 20.3 Å². The summed E-state index contributed by atoms with van der Waals surface area (Å²) in [5.74, 6) is 1.39. The standard InChI is InChI=1S/C17H16O3/c1-19-16-6-4-3-5-14(16)9-7-13-8-10-15(12-18)17(11-13)20-2/h3-12H,1-2H3/b9-7+. The molecule has 0 aliphatic rings. The van der Waals surface area contributed by atoms with Gasteiger partial charge in [-0.25, -0.2) is 0 Å². The van der Waals surface area contributed by atoms with Crippen molar-refractivity contribution in [1.82, 2.24) is 0 Å². The van der Waals surface area contributed by atoms with E-state index in [9.17, 15) is 4.79 Å². The molecule has 0 bridgehead atoms. The van der Waals surface area contributed by atoms with Gasteiger partial charge < -0.3 is 9.47 Å². The highest BCUT2D eigenvalue weighted by atomic mass is 16.5. The molecule has 20 heavy (non-hydrogen) atoms. The number of carbonyl (C=O) groups excluding carboxylic acids is 1. The Labute approximate surface area is 118 Å². The molecule has 2 rings (SSSR count). The first kappa shape index (κ1) is 13.9. The van der Waals surface area contributed by atoms with E-state index in [-0.39, 0.29) is 0 Å². The molecule has 0 saturated heterocycles. The maximum absolute atomic E-state index is 10.8. The van der Waals surface area contributed by atoms with E-state index in [4.69, 9.17) is 9.47 Å². The van der Waals surface area contributed by atoms with Crippen LogP contribution < -0.4 is 9.47 Å². The normalized spacial score (nSPS) is 10.5. The predicted octanol–water partition coefficient (Wildman–Crippen LogP) is 3.69. The molecule has 0 unspecified atom stereocenters. The van der Waals surface area contributed by atoms with Gasteiger partial charge in [0, 0.05) is 5.56 Å². The van der Waals surface area contributed by atoms with E-state index in [0.29, 0.717) is 11.3 Å². The number of ether oxygens (including phenoxy) is 2. The number of rotatable bonds is 5. The Morgan fingerprint density at radius 3 is 2.30 bits per heavy atom. The summed E-state index contributed by atoms with van der Waals surface area (Å²) in [6.45, 7) is 0. The average molecular weight is 268 g/mol. The Morgan fingerprint density at radius 1 is 0.850 bits per heavy atom. The SMILES string of the molecule is COc1cc(/C=C/c2ccccc2OC)ccc1C=O. The zero-order valence-corrected chi connectivity index (χ0v) is 11.5. The van der Waals surface area contributed by atoms with E-state index in [2.05, 4.69) is 0 Å². The second-order valence-corrected chi connectivity index (χ2v) is 4.19. The van der Waals surface area contributed by atoms with E-state index >= 15 is 0 Å². The minimum Gasteiger partial charge on any atom is -0.496 e. The van der Waals surface area contributed by atoms with Gasteiger partial charge in [0.2, 0.25) is 0 Å². The molecule has 0 aromatic heterocycles. The predicted molar refractivity (Wildman–Crippen MR) is 80.3 cm³/mol. The van der Waals surface area contributed by atoms with Crippen molar-refractivity contribution in [2.75, 3.05) is 14.2 Å². The third-order valence-electron chi connectivity index (χ3n) is 2.98. The second-order valence-electron chi connectivity index (χ2n) is 4.19. The Morgan fingerprint density at radius 2 is 1.60 bits per heavy atom. The largest absolute Gasteiger partial charge is 0.496 e. The van der Waals surface area contributed by atoms with Crippen LogP contribution in [0.2, 0.25) is 0 Å². The summed E-state index contributed by atoms with van der Waals surface area (Å²) in [6.07, 6.45) is 4.70. The molecule has 2 aromatic carbocycles. The summed E-state index contributed by atoms with van der Waals surface area (Å²) < 4.78 is 10.5. The maximum atomic E-state index is 10.8. The molecule has 2 aromatic rings.